The van der Waals surface area contributed by atoms with Gasteiger partial charge in [0.15, 0.2) is 0 Å². The van der Waals surface area contributed by atoms with Crippen molar-refractivity contribution in [2.45, 2.75) is 19.3 Å². The SMILES string of the molecule is Cc1c(C(F)(F)F)cc(I)cc1C(F)(F)F. The fraction of sp³-hybridized carbons (Fsp3) is 0.333. The molecule has 0 amide bonds. The first kappa shape index (κ1) is 13.6. The third-order valence-electron chi connectivity index (χ3n) is 1.98. The quantitative estimate of drug-likeness (QED) is 0.471. The minimum absolute atomic E-state index is 0.0946. The van der Waals surface area contributed by atoms with Gasteiger partial charge in [0.05, 0.1) is 11.1 Å². The van der Waals surface area contributed by atoms with E-state index in [-0.39, 0.29) is 3.57 Å². The summed E-state index contributed by atoms with van der Waals surface area (Å²) >= 11 is 1.43. The number of hydrogen-bond donors (Lipinski definition) is 0. The van der Waals surface area contributed by atoms with E-state index in [1.807, 2.05) is 0 Å². The molecule has 1 aromatic carbocycles. The van der Waals surface area contributed by atoms with Crippen molar-refractivity contribution in [2.24, 2.45) is 0 Å². The lowest BCUT2D eigenvalue weighted by molar-refractivity contribution is -0.144. The summed E-state index contributed by atoms with van der Waals surface area (Å²) in [6, 6.07) is 1.40. The van der Waals surface area contributed by atoms with Gasteiger partial charge in [-0.05, 0) is 47.2 Å². The summed E-state index contributed by atoms with van der Waals surface area (Å²) in [5.74, 6) is 0. The van der Waals surface area contributed by atoms with Crippen LogP contribution in [0.3, 0.4) is 0 Å². The van der Waals surface area contributed by atoms with Crippen LogP contribution in [0.4, 0.5) is 26.3 Å². The summed E-state index contributed by atoms with van der Waals surface area (Å²) in [4.78, 5) is 0. The Morgan fingerprint density at radius 3 is 1.44 bits per heavy atom. The van der Waals surface area contributed by atoms with E-state index >= 15 is 0 Å². The van der Waals surface area contributed by atoms with Crippen LogP contribution in [-0.4, -0.2) is 0 Å². The average molecular weight is 354 g/mol. The standard InChI is InChI=1S/C9H5F6I/c1-4-6(8(10,11)12)2-5(16)3-7(4)9(13,14)15/h2-3H,1H3. The summed E-state index contributed by atoms with van der Waals surface area (Å²) in [5.41, 5.74) is -3.28. The molecule has 0 saturated heterocycles. The summed E-state index contributed by atoms with van der Waals surface area (Å²) in [6.07, 6.45) is -9.55. The van der Waals surface area contributed by atoms with Crippen LogP contribution in [0.5, 0.6) is 0 Å². The second kappa shape index (κ2) is 4.08. The molecular weight excluding hydrogens is 349 g/mol. The summed E-state index contributed by atoms with van der Waals surface area (Å²) in [7, 11) is 0. The second-order valence-corrected chi connectivity index (χ2v) is 4.37. The van der Waals surface area contributed by atoms with Gasteiger partial charge in [0, 0.05) is 3.57 Å². The van der Waals surface area contributed by atoms with Gasteiger partial charge in [-0.15, -0.1) is 0 Å². The summed E-state index contributed by atoms with van der Waals surface area (Å²) in [5, 5.41) is 0. The van der Waals surface area contributed by atoms with Gasteiger partial charge in [0.2, 0.25) is 0 Å². The van der Waals surface area contributed by atoms with E-state index in [2.05, 4.69) is 0 Å². The molecule has 0 aliphatic carbocycles. The summed E-state index contributed by atoms with van der Waals surface area (Å²) in [6.45, 7) is 0.821. The Morgan fingerprint density at radius 1 is 0.875 bits per heavy atom. The zero-order valence-corrected chi connectivity index (χ0v) is 9.96. The molecule has 0 atom stereocenters. The van der Waals surface area contributed by atoms with Crippen molar-refractivity contribution >= 4 is 22.6 Å². The lowest BCUT2D eigenvalue weighted by atomic mass is 10.0. The van der Waals surface area contributed by atoms with Gasteiger partial charge in [-0.3, -0.25) is 0 Å². The molecule has 0 unspecified atom stereocenters. The van der Waals surface area contributed by atoms with Crippen molar-refractivity contribution in [1.82, 2.24) is 0 Å². The molecular formula is C9H5F6I. The minimum Gasteiger partial charge on any atom is -0.166 e. The molecule has 1 rings (SSSR count). The Morgan fingerprint density at radius 2 is 1.19 bits per heavy atom. The van der Waals surface area contributed by atoms with Gasteiger partial charge in [-0.1, -0.05) is 0 Å². The first-order valence-electron chi connectivity index (χ1n) is 3.98. The number of benzene rings is 1. The largest absolute Gasteiger partial charge is 0.416 e. The van der Waals surface area contributed by atoms with E-state index in [0.29, 0.717) is 12.1 Å². The number of rotatable bonds is 0. The highest BCUT2D eigenvalue weighted by molar-refractivity contribution is 14.1. The van der Waals surface area contributed by atoms with Gasteiger partial charge >= 0.3 is 12.4 Å². The highest BCUT2D eigenvalue weighted by atomic mass is 127. The highest BCUT2D eigenvalue weighted by Crippen LogP contribution is 2.39. The second-order valence-electron chi connectivity index (χ2n) is 3.12. The van der Waals surface area contributed by atoms with Crippen LogP contribution in [0.2, 0.25) is 0 Å². The Labute approximate surface area is 101 Å². The maximum atomic E-state index is 12.4. The maximum Gasteiger partial charge on any atom is 0.416 e. The van der Waals surface area contributed by atoms with E-state index in [4.69, 9.17) is 0 Å². The zero-order chi connectivity index (χ0) is 12.7. The molecule has 7 heteroatoms. The molecule has 0 fully saturated rings. The fourth-order valence-electron chi connectivity index (χ4n) is 1.27. The van der Waals surface area contributed by atoms with E-state index in [9.17, 15) is 26.3 Å². The van der Waals surface area contributed by atoms with Crippen molar-refractivity contribution in [3.8, 4) is 0 Å². The molecule has 0 N–H and O–H groups in total. The van der Waals surface area contributed by atoms with Crippen molar-refractivity contribution < 1.29 is 26.3 Å². The van der Waals surface area contributed by atoms with Crippen molar-refractivity contribution in [3.05, 3.63) is 32.4 Å². The zero-order valence-electron chi connectivity index (χ0n) is 7.80. The molecule has 0 saturated carbocycles. The van der Waals surface area contributed by atoms with Crippen LogP contribution in [0, 0.1) is 10.5 Å². The van der Waals surface area contributed by atoms with E-state index in [0.717, 1.165) is 6.92 Å². The van der Waals surface area contributed by atoms with Crippen LogP contribution >= 0.6 is 22.6 Å². The van der Waals surface area contributed by atoms with E-state index in [1.54, 1.807) is 0 Å². The van der Waals surface area contributed by atoms with Crippen LogP contribution in [0.15, 0.2) is 12.1 Å². The van der Waals surface area contributed by atoms with Gasteiger partial charge in [-0.25, -0.2) is 0 Å². The predicted octanol–water partition coefficient (Wildman–Crippen LogP) is 4.64. The molecule has 0 aliphatic heterocycles. The normalized spacial score (nSPS) is 13.0. The molecule has 0 aliphatic rings. The molecule has 16 heavy (non-hydrogen) atoms. The molecule has 0 heterocycles. The first-order valence-corrected chi connectivity index (χ1v) is 5.06. The van der Waals surface area contributed by atoms with Gasteiger partial charge in [0.25, 0.3) is 0 Å². The first-order chi connectivity index (χ1) is 7.03. The predicted molar refractivity (Wildman–Crippen MR) is 53.9 cm³/mol. The smallest absolute Gasteiger partial charge is 0.166 e. The van der Waals surface area contributed by atoms with Crippen LogP contribution in [0.25, 0.3) is 0 Å². The lowest BCUT2D eigenvalue weighted by Crippen LogP contribution is -2.15. The maximum absolute atomic E-state index is 12.4. The third kappa shape index (κ3) is 2.80. The minimum atomic E-state index is -4.77. The Balaban J connectivity index is 3.51. The average Bonchev–Trinajstić information content (AvgIpc) is 2.04. The number of halogens is 7. The Bertz CT molecular complexity index is 368. The van der Waals surface area contributed by atoms with Crippen LogP contribution < -0.4 is 0 Å². The summed E-state index contributed by atoms with van der Waals surface area (Å²) < 4.78 is 74.5. The van der Waals surface area contributed by atoms with Gasteiger partial charge < -0.3 is 0 Å². The Hall–Kier alpha value is -0.470. The molecule has 0 aromatic heterocycles. The number of hydrogen-bond acceptors (Lipinski definition) is 0. The third-order valence-corrected chi connectivity index (χ3v) is 2.61. The molecule has 0 radical (unpaired) electrons. The van der Waals surface area contributed by atoms with Crippen molar-refractivity contribution in [2.75, 3.05) is 0 Å². The van der Waals surface area contributed by atoms with Gasteiger partial charge in [-0.2, -0.15) is 26.3 Å². The molecule has 90 valence electrons. The lowest BCUT2D eigenvalue weighted by Gasteiger charge is -2.16. The van der Waals surface area contributed by atoms with Gasteiger partial charge in [0.1, 0.15) is 0 Å². The monoisotopic (exact) mass is 354 g/mol. The van der Waals surface area contributed by atoms with E-state index < -0.39 is 29.0 Å². The Kier molecular flexibility index (Phi) is 3.47. The van der Waals surface area contributed by atoms with Crippen LogP contribution in [0.1, 0.15) is 16.7 Å². The van der Waals surface area contributed by atoms with Crippen LogP contribution in [-0.2, 0) is 12.4 Å². The molecule has 0 nitrogen and oxygen atoms in total. The van der Waals surface area contributed by atoms with Crippen molar-refractivity contribution in [3.63, 3.8) is 0 Å². The molecule has 1 aromatic rings. The topological polar surface area (TPSA) is 0 Å². The fourth-order valence-corrected chi connectivity index (χ4v) is 1.89. The van der Waals surface area contributed by atoms with E-state index in [1.165, 1.54) is 22.6 Å². The van der Waals surface area contributed by atoms with Crippen molar-refractivity contribution in [1.29, 1.82) is 0 Å². The molecule has 0 spiro atoms. The number of alkyl halides is 6. The highest BCUT2D eigenvalue weighted by Gasteiger charge is 2.39. The molecule has 0 bridgehead atoms.